The van der Waals surface area contributed by atoms with Gasteiger partial charge in [-0.15, -0.1) is 0 Å². The van der Waals surface area contributed by atoms with Crippen LogP contribution in [0.1, 0.15) is 0 Å². The van der Waals surface area contributed by atoms with E-state index in [-0.39, 0.29) is 30.6 Å². The van der Waals surface area contributed by atoms with Crippen LogP contribution in [0.4, 0.5) is 0 Å². The number of methoxy groups -OCH3 is 1. The molecule has 0 aliphatic carbocycles. The van der Waals surface area contributed by atoms with Gasteiger partial charge in [-0.1, -0.05) is 12.1 Å². The summed E-state index contributed by atoms with van der Waals surface area (Å²) in [6.07, 6.45) is 0. The molecule has 1 amide bonds. The third-order valence-corrected chi connectivity index (χ3v) is 6.47. The number of hydrogen-bond donors (Lipinski definition) is 1. The molecule has 0 saturated carbocycles. The molecule has 1 aliphatic rings. The van der Waals surface area contributed by atoms with Gasteiger partial charge >= 0.3 is 0 Å². The molecule has 10 heteroatoms. The van der Waals surface area contributed by atoms with Crippen LogP contribution in [0.5, 0.6) is 17.2 Å². The second kappa shape index (κ2) is 11.0. The number of para-hydroxylation sites is 2. The predicted molar refractivity (Wildman–Crippen MR) is 113 cm³/mol. The van der Waals surface area contributed by atoms with Crippen LogP contribution in [-0.4, -0.2) is 71.8 Å². The summed E-state index contributed by atoms with van der Waals surface area (Å²) in [7, 11) is -2.00. The normalized spacial score (nSPS) is 14.6. The van der Waals surface area contributed by atoms with Gasteiger partial charge in [0, 0.05) is 13.1 Å². The Balaban J connectivity index is 1.40. The minimum Gasteiger partial charge on any atom is -0.493 e. The van der Waals surface area contributed by atoms with Crippen molar-refractivity contribution in [3.63, 3.8) is 0 Å². The zero-order chi connectivity index (χ0) is 22.1. The first-order chi connectivity index (χ1) is 15.0. The first-order valence-corrected chi connectivity index (χ1v) is 11.3. The van der Waals surface area contributed by atoms with Crippen molar-refractivity contribution >= 4 is 15.9 Å². The summed E-state index contributed by atoms with van der Waals surface area (Å²) in [4.78, 5) is 12.1. The monoisotopic (exact) mass is 450 g/mol. The van der Waals surface area contributed by atoms with Crippen molar-refractivity contribution < 1.29 is 32.2 Å². The molecule has 168 valence electrons. The number of carbonyl (C=O) groups excluding carboxylic acids is 1. The molecule has 0 aromatic heterocycles. The molecule has 0 spiro atoms. The van der Waals surface area contributed by atoms with Crippen molar-refractivity contribution in [2.75, 3.05) is 53.2 Å². The molecule has 9 nitrogen and oxygen atoms in total. The summed E-state index contributed by atoms with van der Waals surface area (Å²) < 4.78 is 48.0. The van der Waals surface area contributed by atoms with Gasteiger partial charge in [0.15, 0.2) is 18.1 Å². The summed E-state index contributed by atoms with van der Waals surface area (Å²) in [5, 5.41) is 2.70. The maximum Gasteiger partial charge on any atom is 0.258 e. The number of hydrogen-bond acceptors (Lipinski definition) is 7. The van der Waals surface area contributed by atoms with Gasteiger partial charge in [-0.05, 0) is 36.4 Å². The second-order valence-corrected chi connectivity index (χ2v) is 8.56. The van der Waals surface area contributed by atoms with Crippen LogP contribution in [0, 0.1) is 0 Å². The van der Waals surface area contributed by atoms with E-state index in [1.807, 2.05) is 6.07 Å². The Morgan fingerprint density at radius 3 is 2.39 bits per heavy atom. The quantitative estimate of drug-likeness (QED) is 0.544. The first-order valence-electron chi connectivity index (χ1n) is 9.84. The highest BCUT2D eigenvalue weighted by molar-refractivity contribution is 7.89. The molecule has 3 rings (SSSR count). The minimum atomic E-state index is -3.53. The van der Waals surface area contributed by atoms with E-state index >= 15 is 0 Å². The van der Waals surface area contributed by atoms with Crippen LogP contribution in [0.2, 0.25) is 0 Å². The largest absolute Gasteiger partial charge is 0.493 e. The molecule has 2 aromatic rings. The van der Waals surface area contributed by atoms with Crippen molar-refractivity contribution in [1.82, 2.24) is 9.62 Å². The van der Waals surface area contributed by atoms with Gasteiger partial charge in [0.2, 0.25) is 10.0 Å². The van der Waals surface area contributed by atoms with E-state index in [4.69, 9.17) is 18.9 Å². The van der Waals surface area contributed by atoms with E-state index < -0.39 is 10.0 Å². The van der Waals surface area contributed by atoms with E-state index in [0.717, 1.165) is 0 Å². The number of rotatable bonds is 10. The van der Waals surface area contributed by atoms with Gasteiger partial charge in [-0.2, -0.15) is 4.31 Å². The average Bonchev–Trinajstić information content (AvgIpc) is 2.81. The lowest BCUT2D eigenvalue weighted by atomic mass is 10.3. The highest BCUT2D eigenvalue weighted by Gasteiger charge is 2.26. The van der Waals surface area contributed by atoms with E-state index in [9.17, 15) is 13.2 Å². The summed E-state index contributed by atoms with van der Waals surface area (Å²) in [6.45, 7) is 1.86. The fraction of sp³-hybridized carbons (Fsp3) is 0.381. The lowest BCUT2D eigenvalue weighted by Crippen LogP contribution is -2.40. The van der Waals surface area contributed by atoms with Crippen LogP contribution in [-0.2, 0) is 19.6 Å². The Labute approximate surface area is 181 Å². The molecule has 0 unspecified atom stereocenters. The van der Waals surface area contributed by atoms with Crippen molar-refractivity contribution in [1.29, 1.82) is 0 Å². The third kappa shape index (κ3) is 6.33. The summed E-state index contributed by atoms with van der Waals surface area (Å²) in [5.74, 6) is 1.27. The van der Waals surface area contributed by atoms with Gasteiger partial charge in [0.1, 0.15) is 12.4 Å². The SMILES string of the molecule is COc1ccccc1OCC(=O)NCCOc1ccc(S(=O)(=O)N2CCOCC2)cc1. The maximum absolute atomic E-state index is 12.6. The molecule has 1 saturated heterocycles. The molecule has 2 aromatic carbocycles. The Hall–Kier alpha value is -2.82. The van der Waals surface area contributed by atoms with Gasteiger partial charge < -0.3 is 24.3 Å². The molecular weight excluding hydrogens is 424 g/mol. The molecule has 1 fully saturated rings. The number of ether oxygens (including phenoxy) is 4. The molecule has 1 aliphatic heterocycles. The van der Waals surface area contributed by atoms with Crippen molar-refractivity contribution in [2.24, 2.45) is 0 Å². The highest BCUT2D eigenvalue weighted by atomic mass is 32.2. The topological polar surface area (TPSA) is 103 Å². The van der Waals surface area contributed by atoms with Crippen LogP contribution in [0.3, 0.4) is 0 Å². The number of nitrogens with zero attached hydrogens (tertiary/aromatic N) is 1. The number of benzene rings is 2. The Kier molecular flexibility index (Phi) is 8.10. The first kappa shape index (κ1) is 22.9. The number of amides is 1. The summed E-state index contributed by atoms with van der Waals surface area (Å²) in [6, 6.07) is 13.3. The molecule has 0 atom stereocenters. The zero-order valence-electron chi connectivity index (χ0n) is 17.3. The second-order valence-electron chi connectivity index (χ2n) is 6.63. The van der Waals surface area contributed by atoms with Gasteiger partial charge in [0.25, 0.3) is 5.91 Å². The number of morpholine rings is 1. The zero-order valence-corrected chi connectivity index (χ0v) is 18.1. The van der Waals surface area contributed by atoms with Crippen LogP contribution >= 0.6 is 0 Å². The standard InChI is InChI=1S/C21H26N2O7S/c1-27-19-4-2-3-5-20(19)30-16-21(24)22-10-13-29-17-6-8-18(9-7-17)31(25,26)23-11-14-28-15-12-23/h2-9H,10-16H2,1H3,(H,22,24). The fourth-order valence-electron chi connectivity index (χ4n) is 2.94. The molecular formula is C21H26N2O7S. The van der Waals surface area contributed by atoms with E-state index in [1.54, 1.807) is 30.3 Å². The smallest absolute Gasteiger partial charge is 0.258 e. The molecule has 1 heterocycles. The van der Waals surface area contributed by atoms with Gasteiger partial charge in [0.05, 0.1) is 31.8 Å². The van der Waals surface area contributed by atoms with Crippen molar-refractivity contribution in [2.45, 2.75) is 4.90 Å². The Morgan fingerprint density at radius 1 is 1.03 bits per heavy atom. The van der Waals surface area contributed by atoms with Gasteiger partial charge in [-0.3, -0.25) is 4.79 Å². The number of carbonyl (C=O) groups is 1. The molecule has 0 bridgehead atoms. The predicted octanol–water partition coefficient (Wildman–Crippen LogP) is 1.29. The highest BCUT2D eigenvalue weighted by Crippen LogP contribution is 2.25. The lowest BCUT2D eigenvalue weighted by molar-refractivity contribution is -0.123. The fourth-order valence-corrected chi connectivity index (χ4v) is 4.34. The van der Waals surface area contributed by atoms with E-state index in [0.29, 0.717) is 43.6 Å². The van der Waals surface area contributed by atoms with E-state index in [1.165, 1.54) is 23.5 Å². The Bertz CT molecular complexity index is 958. The summed E-state index contributed by atoms with van der Waals surface area (Å²) in [5.41, 5.74) is 0. The maximum atomic E-state index is 12.6. The van der Waals surface area contributed by atoms with E-state index in [2.05, 4.69) is 5.32 Å². The molecule has 31 heavy (non-hydrogen) atoms. The van der Waals surface area contributed by atoms with Crippen LogP contribution in [0.25, 0.3) is 0 Å². The van der Waals surface area contributed by atoms with Crippen LogP contribution in [0.15, 0.2) is 53.4 Å². The van der Waals surface area contributed by atoms with Crippen LogP contribution < -0.4 is 19.5 Å². The Morgan fingerprint density at radius 2 is 1.71 bits per heavy atom. The average molecular weight is 451 g/mol. The van der Waals surface area contributed by atoms with Gasteiger partial charge in [-0.25, -0.2) is 8.42 Å². The number of nitrogens with one attached hydrogen (secondary N) is 1. The molecule has 0 radical (unpaired) electrons. The lowest BCUT2D eigenvalue weighted by Gasteiger charge is -2.26. The van der Waals surface area contributed by atoms with Crippen molar-refractivity contribution in [3.8, 4) is 17.2 Å². The summed E-state index contributed by atoms with van der Waals surface area (Å²) >= 11 is 0. The van der Waals surface area contributed by atoms with Crippen molar-refractivity contribution in [3.05, 3.63) is 48.5 Å². The number of sulfonamides is 1. The molecule has 1 N–H and O–H groups in total. The minimum absolute atomic E-state index is 0.144. The third-order valence-electron chi connectivity index (χ3n) is 4.55.